The van der Waals surface area contributed by atoms with Crippen LogP contribution in [0.1, 0.15) is 92.9 Å². The minimum Gasteiger partial charge on any atom is -0.487 e. The number of carboxylic acid groups (broad SMARTS) is 1. The predicted octanol–water partition coefficient (Wildman–Crippen LogP) is 8.89. The summed E-state index contributed by atoms with van der Waals surface area (Å²) < 4.78 is 13.2. The van der Waals surface area contributed by atoms with Crippen LogP contribution in [0.3, 0.4) is 0 Å². The van der Waals surface area contributed by atoms with Crippen LogP contribution in [0.2, 0.25) is 0 Å². The molecule has 0 radical (unpaired) electrons. The van der Waals surface area contributed by atoms with Crippen LogP contribution in [-0.4, -0.2) is 53.5 Å². The lowest BCUT2D eigenvalue weighted by molar-refractivity contribution is 0.0542. The number of ether oxygens (including phenoxy) is 2. The largest absolute Gasteiger partial charge is 0.487 e. The van der Waals surface area contributed by atoms with Crippen molar-refractivity contribution in [2.24, 2.45) is 5.92 Å². The fraction of sp³-hybridized carbons (Fsp3) is 0.513. The van der Waals surface area contributed by atoms with Crippen molar-refractivity contribution in [2.75, 3.05) is 31.1 Å². The van der Waals surface area contributed by atoms with Gasteiger partial charge in [-0.1, -0.05) is 60.7 Å². The number of piperidine rings is 1. The van der Waals surface area contributed by atoms with E-state index >= 15 is 0 Å². The zero-order valence-corrected chi connectivity index (χ0v) is 28.4. The summed E-state index contributed by atoms with van der Waals surface area (Å²) in [5, 5.41) is 10.1. The highest BCUT2D eigenvalue weighted by Crippen LogP contribution is 2.47. The molecule has 1 atom stereocenters. The van der Waals surface area contributed by atoms with Crippen molar-refractivity contribution < 1.29 is 19.4 Å². The Morgan fingerprint density at radius 2 is 1.56 bits per heavy atom. The minimum atomic E-state index is -0.920. The summed E-state index contributed by atoms with van der Waals surface area (Å²) in [7, 11) is 0. The Kier molecular flexibility index (Phi) is 9.95. The van der Waals surface area contributed by atoms with Crippen LogP contribution >= 0.6 is 0 Å². The van der Waals surface area contributed by atoms with Gasteiger partial charge in [0.05, 0.1) is 5.69 Å². The van der Waals surface area contributed by atoms with Gasteiger partial charge >= 0.3 is 6.09 Å². The second kappa shape index (κ2) is 13.6. The molecule has 6 nitrogen and oxygen atoms in total. The van der Waals surface area contributed by atoms with E-state index in [1.54, 1.807) is 0 Å². The molecule has 0 aliphatic carbocycles. The smallest absolute Gasteiger partial charge is 0.412 e. The zero-order valence-electron chi connectivity index (χ0n) is 28.4. The van der Waals surface area contributed by atoms with E-state index < -0.39 is 11.6 Å². The van der Waals surface area contributed by atoms with Crippen molar-refractivity contribution in [1.29, 1.82) is 0 Å². The number of benzene rings is 3. The van der Waals surface area contributed by atoms with Crippen LogP contribution in [0.4, 0.5) is 10.5 Å². The molecule has 0 saturated carbocycles. The molecule has 1 amide bonds. The summed E-state index contributed by atoms with van der Waals surface area (Å²) in [6.45, 7) is 18.2. The first-order valence-electron chi connectivity index (χ1n) is 16.7. The number of hydrogen-bond donors (Lipinski definition) is 1. The number of amides is 1. The average Bonchev–Trinajstić information content (AvgIpc) is 3.38. The Balaban J connectivity index is 1.14. The van der Waals surface area contributed by atoms with E-state index in [0.717, 1.165) is 79.2 Å². The van der Waals surface area contributed by atoms with Gasteiger partial charge in [-0.15, -0.1) is 0 Å². The monoisotopic (exact) mass is 612 g/mol. The van der Waals surface area contributed by atoms with Gasteiger partial charge in [-0.05, 0) is 121 Å². The molecule has 3 aromatic rings. The third-order valence-electron chi connectivity index (χ3n) is 10.0. The number of nitrogens with zero attached hydrogens (tertiary/aromatic N) is 2. The lowest BCUT2D eigenvalue weighted by Gasteiger charge is -2.36. The van der Waals surface area contributed by atoms with E-state index in [4.69, 9.17) is 9.47 Å². The van der Waals surface area contributed by atoms with E-state index in [1.807, 2.05) is 27.7 Å². The maximum atomic E-state index is 12.4. The van der Waals surface area contributed by atoms with Crippen LogP contribution in [0.15, 0.2) is 60.7 Å². The molecule has 242 valence electrons. The Bertz CT molecular complexity index is 1420. The van der Waals surface area contributed by atoms with Crippen molar-refractivity contribution in [3.05, 3.63) is 94.0 Å². The SMILES string of the molecule is Cc1c(C)c(N(C(=O)O)C(C)(C)C)c(C)c2c1OC(C)(CCN1CCC(CCOC(c3ccccc3)c3ccccc3)CC1)C2. The van der Waals surface area contributed by atoms with E-state index in [0.29, 0.717) is 5.92 Å². The predicted molar refractivity (Wildman–Crippen MR) is 183 cm³/mol. The topological polar surface area (TPSA) is 62.2 Å². The van der Waals surface area contributed by atoms with E-state index in [-0.39, 0.29) is 11.7 Å². The standard InChI is InChI=1S/C39H52N2O4/c1-27-28(2)35-33(29(3)34(27)41(37(42)43)38(4,5)6)26-39(7,45-35)21-24-40-22-18-30(19-23-40)20-25-44-36(31-14-10-8-11-15-31)32-16-12-9-13-17-32/h8-17,30,36H,18-26H2,1-7H3,(H,42,43). The number of hydrogen-bond acceptors (Lipinski definition) is 4. The van der Waals surface area contributed by atoms with Crippen LogP contribution in [-0.2, 0) is 11.2 Å². The van der Waals surface area contributed by atoms with Crippen molar-refractivity contribution in [2.45, 2.75) is 97.8 Å². The molecule has 0 spiro atoms. The third-order valence-corrected chi connectivity index (χ3v) is 10.0. The Morgan fingerprint density at radius 1 is 0.978 bits per heavy atom. The van der Waals surface area contributed by atoms with Gasteiger partial charge in [0.1, 0.15) is 17.5 Å². The number of carbonyl (C=O) groups is 1. The number of rotatable bonds is 10. The molecule has 1 N–H and O–H groups in total. The van der Waals surface area contributed by atoms with Gasteiger partial charge in [0.15, 0.2) is 0 Å². The van der Waals surface area contributed by atoms with E-state index in [2.05, 4.69) is 86.3 Å². The lowest BCUT2D eigenvalue weighted by Crippen LogP contribution is -2.46. The molecule has 1 saturated heterocycles. The molecule has 5 rings (SSSR count). The molecule has 0 bridgehead atoms. The first-order valence-corrected chi connectivity index (χ1v) is 16.7. The molecule has 3 aromatic carbocycles. The molecule has 6 heteroatoms. The van der Waals surface area contributed by atoms with Crippen molar-refractivity contribution in [3.63, 3.8) is 0 Å². The summed E-state index contributed by atoms with van der Waals surface area (Å²) >= 11 is 0. The van der Waals surface area contributed by atoms with Crippen LogP contribution in [0.5, 0.6) is 5.75 Å². The fourth-order valence-corrected chi connectivity index (χ4v) is 7.26. The highest BCUT2D eigenvalue weighted by atomic mass is 16.5. The molecule has 2 heterocycles. The quantitative estimate of drug-likeness (QED) is 0.248. The molecule has 1 unspecified atom stereocenters. The third kappa shape index (κ3) is 7.39. The van der Waals surface area contributed by atoms with Gasteiger partial charge < -0.3 is 19.5 Å². The summed E-state index contributed by atoms with van der Waals surface area (Å²) in [4.78, 5) is 16.5. The zero-order chi connectivity index (χ0) is 32.4. The van der Waals surface area contributed by atoms with Crippen LogP contribution in [0.25, 0.3) is 0 Å². The van der Waals surface area contributed by atoms with Crippen LogP contribution in [0, 0.1) is 26.7 Å². The normalized spacial score (nSPS) is 19.0. The summed E-state index contributed by atoms with van der Waals surface area (Å²) in [6.07, 6.45) is 4.27. The summed E-state index contributed by atoms with van der Waals surface area (Å²) in [5.74, 6) is 1.64. The summed E-state index contributed by atoms with van der Waals surface area (Å²) in [6, 6.07) is 21.1. The highest BCUT2D eigenvalue weighted by molar-refractivity contribution is 5.91. The first-order chi connectivity index (χ1) is 21.4. The van der Waals surface area contributed by atoms with E-state index in [9.17, 15) is 9.90 Å². The van der Waals surface area contributed by atoms with Gasteiger partial charge in [-0.25, -0.2) is 4.79 Å². The molecule has 1 fully saturated rings. The second-order valence-corrected chi connectivity index (χ2v) is 14.4. The number of anilines is 1. The Hall–Kier alpha value is -3.35. The molecular weight excluding hydrogens is 560 g/mol. The van der Waals surface area contributed by atoms with Crippen molar-refractivity contribution in [1.82, 2.24) is 4.90 Å². The van der Waals surface area contributed by atoms with Gasteiger partial charge in [0.25, 0.3) is 0 Å². The Labute approximate surface area is 270 Å². The average molecular weight is 613 g/mol. The van der Waals surface area contributed by atoms with E-state index in [1.165, 1.54) is 28.9 Å². The van der Waals surface area contributed by atoms with Gasteiger partial charge in [0.2, 0.25) is 0 Å². The van der Waals surface area contributed by atoms with Gasteiger partial charge in [-0.3, -0.25) is 4.90 Å². The van der Waals surface area contributed by atoms with Gasteiger partial charge in [-0.2, -0.15) is 0 Å². The lowest BCUT2D eigenvalue weighted by atomic mass is 9.88. The van der Waals surface area contributed by atoms with Crippen LogP contribution < -0.4 is 9.64 Å². The van der Waals surface area contributed by atoms with Crippen molar-refractivity contribution >= 4 is 11.8 Å². The van der Waals surface area contributed by atoms with Crippen molar-refractivity contribution in [3.8, 4) is 5.75 Å². The fourth-order valence-electron chi connectivity index (χ4n) is 7.26. The molecular formula is C39H52N2O4. The molecule has 45 heavy (non-hydrogen) atoms. The Morgan fingerprint density at radius 3 is 2.09 bits per heavy atom. The number of likely N-dealkylation sites (tertiary alicyclic amines) is 1. The number of fused-ring (bicyclic) bond motifs is 1. The molecule has 2 aliphatic rings. The summed E-state index contributed by atoms with van der Waals surface area (Å²) in [5.41, 5.74) is 6.59. The maximum absolute atomic E-state index is 12.4. The minimum absolute atomic E-state index is 0.0310. The highest BCUT2D eigenvalue weighted by Gasteiger charge is 2.41. The maximum Gasteiger partial charge on any atom is 0.412 e. The second-order valence-electron chi connectivity index (χ2n) is 14.4. The van der Waals surface area contributed by atoms with Gasteiger partial charge in [0, 0.05) is 30.7 Å². The molecule has 0 aromatic heterocycles. The molecule has 2 aliphatic heterocycles. The first kappa shape index (κ1) is 33.0.